The van der Waals surface area contributed by atoms with Gasteiger partial charge >= 0.3 is 5.97 Å². The molecule has 0 aromatic heterocycles. The summed E-state index contributed by atoms with van der Waals surface area (Å²) in [5, 5.41) is 0. The van der Waals surface area contributed by atoms with Gasteiger partial charge in [-0.05, 0) is 12.1 Å². The molecule has 0 aliphatic carbocycles. The number of carbonyl (C=O) groups is 2. The van der Waals surface area contributed by atoms with Crippen molar-refractivity contribution in [2.75, 3.05) is 27.4 Å². The molecule has 1 aromatic carbocycles. The van der Waals surface area contributed by atoms with Gasteiger partial charge in [0.15, 0.2) is 11.2 Å². The van der Waals surface area contributed by atoms with Crippen molar-refractivity contribution < 1.29 is 23.8 Å². The van der Waals surface area contributed by atoms with E-state index < -0.39 is 11.4 Å². The third kappa shape index (κ3) is 1.76. The van der Waals surface area contributed by atoms with Gasteiger partial charge in [-0.25, -0.2) is 0 Å². The van der Waals surface area contributed by atoms with Gasteiger partial charge in [-0.1, -0.05) is 12.1 Å². The Morgan fingerprint density at radius 1 is 1.22 bits per heavy atom. The second-order valence-electron chi connectivity index (χ2n) is 4.10. The van der Waals surface area contributed by atoms with Gasteiger partial charge in [-0.3, -0.25) is 9.59 Å². The molecule has 0 unspecified atom stereocenters. The monoisotopic (exact) mass is 250 g/mol. The smallest absolute Gasteiger partial charge is 0.324 e. The average Bonchev–Trinajstić information content (AvgIpc) is 2.36. The number of Topliss-reactive ketones (excluding diaryl/α,β-unsaturated/α-hetero) is 1. The molecule has 5 heteroatoms. The Morgan fingerprint density at radius 2 is 1.89 bits per heavy atom. The molecule has 1 aromatic rings. The zero-order valence-corrected chi connectivity index (χ0v) is 10.3. The summed E-state index contributed by atoms with van der Waals surface area (Å²) >= 11 is 0. The molecule has 1 heterocycles. The first-order chi connectivity index (χ1) is 8.65. The lowest BCUT2D eigenvalue weighted by Crippen LogP contribution is -2.55. The molecule has 0 saturated carbocycles. The van der Waals surface area contributed by atoms with Crippen LogP contribution in [-0.4, -0.2) is 39.2 Å². The first-order valence-corrected chi connectivity index (χ1v) is 5.49. The maximum atomic E-state index is 12.5. The Hall–Kier alpha value is -1.88. The summed E-state index contributed by atoms with van der Waals surface area (Å²) in [7, 11) is 2.74. The first-order valence-electron chi connectivity index (χ1n) is 5.49. The van der Waals surface area contributed by atoms with E-state index in [1.807, 2.05) is 0 Å². The predicted octanol–water partition coefficient (Wildman–Crippen LogP) is 1.07. The minimum atomic E-state index is -1.22. The van der Waals surface area contributed by atoms with Gasteiger partial charge < -0.3 is 14.2 Å². The van der Waals surface area contributed by atoms with E-state index in [0.717, 1.165) is 0 Å². The topological polar surface area (TPSA) is 61.8 Å². The highest BCUT2D eigenvalue weighted by Gasteiger charge is 2.54. The molecule has 96 valence electrons. The minimum absolute atomic E-state index is 0.0521. The quantitative estimate of drug-likeness (QED) is 0.454. The van der Waals surface area contributed by atoms with Crippen LogP contribution in [0.1, 0.15) is 10.4 Å². The van der Waals surface area contributed by atoms with Gasteiger partial charge in [0.2, 0.25) is 0 Å². The van der Waals surface area contributed by atoms with E-state index in [9.17, 15) is 9.59 Å². The average molecular weight is 250 g/mol. The summed E-state index contributed by atoms with van der Waals surface area (Å²) in [5.74, 6) is -0.444. The highest BCUT2D eigenvalue weighted by Crippen LogP contribution is 2.35. The number of hydrogen-bond donors (Lipinski definition) is 0. The van der Waals surface area contributed by atoms with Gasteiger partial charge in [0.25, 0.3) is 0 Å². The highest BCUT2D eigenvalue weighted by molar-refractivity contribution is 6.14. The molecule has 0 bridgehead atoms. The standard InChI is InChI=1S/C13H14O5/c1-16-10-6-4-3-5-9(10)11(14)13(7-18-8-13)12(15)17-2/h3-6H,7-8H2,1-2H3. The van der Waals surface area contributed by atoms with Gasteiger partial charge in [0, 0.05) is 0 Å². The van der Waals surface area contributed by atoms with Crippen molar-refractivity contribution in [3.63, 3.8) is 0 Å². The van der Waals surface area contributed by atoms with Crippen molar-refractivity contribution in [1.29, 1.82) is 0 Å². The van der Waals surface area contributed by atoms with Crippen molar-refractivity contribution >= 4 is 11.8 Å². The molecule has 0 atom stereocenters. The number of carbonyl (C=O) groups excluding carboxylic acids is 2. The Balaban J connectivity index is 2.38. The fourth-order valence-electron chi connectivity index (χ4n) is 1.93. The lowest BCUT2D eigenvalue weighted by Gasteiger charge is -2.37. The summed E-state index contributed by atoms with van der Waals surface area (Å²) in [6.07, 6.45) is 0. The fraction of sp³-hybridized carbons (Fsp3) is 0.385. The van der Waals surface area contributed by atoms with Crippen LogP contribution in [0.3, 0.4) is 0 Å². The summed E-state index contributed by atoms with van der Waals surface area (Å²) in [4.78, 5) is 24.2. The largest absolute Gasteiger partial charge is 0.496 e. The highest BCUT2D eigenvalue weighted by atomic mass is 16.5. The molecule has 1 fully saturated rings. The molecule has 1 aliphatic rings. The lowest BCUT2D eigenvalue weighted by atomic mass is 9.78. The van der Waals surface area contributed by atoms with Crippen LogP contribution in [-0.2, 0) is 14.3 Å². The number of ether oxygens (including phenoxy) is 3. The Kier molecular flexibility index (Phi) is 3.34. The van der Waals surface area contributed by atoms with Gasteiger partial charge in [-0.15, -0.1) is 0 Å². The number of rotatable bonds is 4. The van der Waals surface area contributed by atoms with E-state index in [1.54, 1.807) is 24.3 Å². The molecule has 2 rings (SSSR count). The number of hydrogen-bond acceptors (Lipinski definition) is 5. The molecule has 0 amide bonds. The molecule has 0 spiro atoms. The maximum Gasteiger partial charge on any atom is 0.324 e. The Labute approximate surface area is 105 Å². The Morgan fingerprint density at radius 3 is 2.39 bits per heavy atom. The number of esters is 1. The second kappa shape index (κ2) is 4.78. The molecule has 0 N–H and O–H groups in total. The zero-order valence-electron chi connectivity index (χ0n) is 10.3. The number of ketones is 1. The predicted molar refractivity (Wildman–Crippen MR) is 62.6 cm³/mol. The first kappa shape index (κ1) is 12.6. The summed E-state index contributed by atoms with van der Waals surface area (Å²) in [6.45, 7) is 0.104. The SMILES string of the molecule is COC(=O)C1(C(=O)c2ccccc2OC)COC1. The van der Waals surface area contributed by atoms with E-state index in [2.05, 4.69) is 0 Å². The third-order valence-electron chi connectivity index (χ3n) is 3.06. The second-order valence-corrected chi connectivity index (χ2v) is 4.10. The molecule has 1 saturated heterocycles. The Bertz CT molecular complexity index is 476. The van der Waals surface area contributed by atoms with Crippen LogP contribution >= 0.6 is 0 Å². The van der Waals surface area contributed by atoms with Gasteiger partial charge in [0.1, 0.15) is 5.75 Å². The minimum Gasteiger partial charge on any atom is -0.496 e. The van der Waals surface area contributed by atoms with Crippen molar-refractivity contribution in [2.45, 2.75) is 0 Å². The molecule has 5 nitrogen and oxygen atoms in total. The van der Waals surface area contributed by atoms with Crippen LogP contribution in [0, 0.1) is 5.41 Å². The van der Waals surface area contributed by atoms with Crippen molar-refractivity contribution in [1.82, 2.24) is 0 Å². The van der Waals surface area contributed by atoms with Gasteiger partial charge in [-0.2, -0.15) is 0 Å². The third-order valence-corrected chi connectivity index (χ3v) is 3.06. The van der Waals surface area contributed by atoms with Crippen LogP contribution in [0.15, 0.2) is 24.3 Å². The maximum absolute atomic E-state index is 12.5. The number of para-hydroxylation sites is 1. The molecular formula is C13H14O5. The summed E-state index contributed by atoms with van der Waals surface area (Å²) in [6, 6.07) is 6.79. The lowest BCUT2D eigenvalue weighted by molar-refractivity contribution is -0.172. The number of methoxy groups -OCH3 is 2. The molecule has 1 aliphatic heterocycles. The van der Waals surface area contributed by atoms with Crippen LogP contribution in [0.4, 0.5) is 0 Å². The molecular weight excluding hydrogens is 236 g/mol. The van der Waals surface area contributed by atoms with Crippen molar-refractivity contribution in [3.8, 4) is 5.75 Å². The van der Waals surface area contributed by atoms with Crippen molar-refractivity contribution in [3.05, 3.63) is 29.8 Å². The van der Waals surface area contributed by atoms with Crippen LogP contribution in [0.2, 0.25) is 0 Å². The summed E-state index contributed by atoms with van der Waals surface area (Å²) < 4.78 is 14.8. The summed E-state index contributed by atoms with van der Waals surface area (Å²) in [5.41, 5.74) is -0.850. The van der Waals surface area contributed by atoms with E-state index >= 15 is 0 Å². The normalized spacial score (nSPS) is 16.6. The fourth-order valence-corrected chi connectivity index (χ4v) is 1.93. The zero-order chi connectivity index (χ0) is 13.2. The van der Waals surface area contributed by atoms with E-state index in [0.29, 0.717) is 11.3 Å². The molecule has 18 heavy (non-hydrogen) atoms. The van der Waals surface area contributed by atoms with E-state index in [-0.39, 0.29) is 19.0 Å². The van der Waals surface area contributed by atoms with E-state index in [1.165, 1.54) is 14.2 Å². The van der Waals surface area contributed by atoms with Gasteiger partial charge in [0.05, 0.1) is 33.0 Å². The van der Waals surface area contributed by atoms with E-state index in [4.69, 9.17) is 14.2 Å². The molecule has 0 radical (unpaired) electrons. The van der Waals surface area contributed by atoms with Crippen LogP contribution in [0.25, 0.3) is 0 Å². The van der Waals surface area contributed by atoms with Crippen molar-refractivity contribution in [2.24, 2.45) is 5.41 Å². The van der Waals surface area contributed by atoms with Crippen LogP contribution < -0.4 is 4.74 Å². The van der Waals surface area contributed by atoms with Crippen LogP contribution in [0.5, 0.6) is 5.75 Å². The number of benzene rings is 1.